The van der Waals surface area contributed by atoms with Gasteiger partial charge in [-0.1, -0.05) is 0 Å². The van der Waals surface area contributed by atoms with Gasteiger partial charge in [-0.25, -0.2) is 4.68 Å². The standard InChI is InChI=1S/C14H24N4O2/c1-16(2)11-6-5-8-18(9-7-11)14(19)12-10-13(20-4)17(3)15-12/h10-11H,5-9H2,1-4H3. The SMILES string of the molecule is COc1cc(C(=O)N2CCCC(N(C)C)CC2)nn1C. The number of nitrogens with zero attached hydrogens (tertiary/aromatic N) is 4. The third-order valence-corrected chi connectivity index (χ3v) is 3.98. The van der Waals surface area contributed by atoms with Crippen LogP contribution in [0.3, 0.4) is 0 Å². The number of rotatable bonds is 3. The summed E-state index contributed by atoms with van der Waals surface area (Å²) < 4.78 is 6.75. The van der Waals surface area contributed by atoms with E-state index in [4.69, 9.17) is 4.74 Å². The summed E-state index contributed by atoms with van der Waals surface area (Å²) in [5.74, 6) is 0.609. The molecule has 1 fully saturated rings. The lowest BCUT2D eigenvalue weighted by Gasteiger charge is -2.23. The van der Waals surface area contributed by atoms with Gasteiger partial charge in [0.15, 0.2) is 5.69 Å². The van der Waals surface area contributed by atoms with Gasteiger partial charge >= 0.3 is 0 Å². The van der Waals surface area contributed by atoms with E-state index in [1.54, 1.807) is 24.9 Å². The highest BCUT2D eigenvalue weighted by atomic mass is 16.5. The van der Waals surface area contributed by atoms with E-state index in [2.05, 4.69) is 24.1 Å². The Morgan fingerprint density at radius 3 is 2.75 bits per heavy atom. The fourth-order valence-corrected chi connectivity index (χ4v) is 2.71. The molecule has 1 saturated heterocycles. The minimum absolute atomic E-state index is 0.00306. The van der Waals surface area contributed by atoms with Crippen molar-refractivity contribution in [3.05, 3.63) is 11.8 Å². The number of aromatic nitrogens is 2. The molecule has 1 aliphatic heterocycles. The Labute approximate surface area is 120 Å². The molecule has 0 radical (unpaired) electrons. The van der Waals surface area contributed by atoms with Gasteiger partial charge in [0.25, 0.3) is 5.91 Å². The number of carbonyl (C=O) groups is 1. The van der Waals surface area contributed by atoms with Crippen LogP contribution in [-0.4, -0.2) is 65.8 Å². The molecule has 1 aromatic heterocycles. The van der Waals surface area contributed by atoms with Gasteiger partial charge in [-0.05, 0) is 33.4 Å². The maximum Gasteiger partial charge on any atom is 0.274 e. The Bertz CT molecular complexity index is 470. The van der Waals surface area contributed by atoms with Crippen molar-refractivity contribution < 1.29 is 9.53 Å². The average Bonchev–Trinajstić information content (AvgIpc) is 2.64. The normalized spacial score (nSPS) is 20.1. The van der Waals surface area contributed by atoms with Gasteiger partial charge in [0.2, 0.25) is 5.88 Å². The topological polar surface area (TPSA) is 50.6 Å². The third kappa shape index (κ3) is 3.12. The van der Waals surface area contributed by atoms with Crippen molar-refractivity contribution in [3.8, 4) is 5.88 Å². The predicted molar refractivity (Wildman–Crippen MR) is 77.0 cm³/mol. The van der Waals surface area contributed by atoms with Crippen LogP contribution in [0.2, 0.25) is 0 Å². The average molecular weight is 280 g/mol. The van der Waals surface area contributed by atoms with Crippen molar-refractivity contribution in [2.75, 3.05) is 34.3 Å². The molecular formula is C14H24N4O2. The summed E-state index contributed by atoms with van der Waals surface area (Å²) in [7, 11) is 7.57. The minimum Gasteiger partial charge on any atom is -0.481 e. The fourth-order valence-electron chi connectivity index (χ4n) is 2.71. The molecule has 0 aliphatic carbocycles. The molecule has 0 spiro atoms. The summed E-state index contributed by atoms with van der Waals surface area (Å²) in [4.78, 5) is 16.6. The number of likely N-dealkylation sites (tertiary alicyclic amines) is 1. The van der Waals surface area contributed by atoms with Crippen molar-refractivity contribution in [1.82, 2.24) is 19.6 Å². The van der Waals surface area contributed by atoms with Crippen LogP contribution >= 0.6 is 0 Å². The Morgan fingerprint density at radius 2 is 2.15 bits per heavy atom. The van der Waals surface area contributed by atoms with Crippen LogP contribution < -0.4 is 4.74 Å². The molecule has 6 heteroatoms. The largest absolute Gasteiger partial charge is 0.481 e. The summed E-state index contributed by atoms with van der Waals surface area (Å²) in [6.07, 6.45) is 3.20. The van der Waals surface area contributed by atoms with Crippen molar-refractivity contribution in [1.29, 1.82) is 0 Å². The zero-order valence-electron chi connectivity index (χ0n) is 12.8. The number of amides is 1. The van der Waals surface area contributed by atoms with Gasteiger partial charge in [0.05, 0.1) is 7.11 Å². The van der Waals surface area contributed by atoms with E-state index >= 15 is 0 Å². The lowest BCUT2D eigenvalue weighted by atomic mass is 10.1. The van der Waals surface area contributed by atoms with Gasteiger partial charge < -0.3 is 14.5 Å². The molecule has 1 aromatic rings. The number of aryl methyl sites for hydroxylation is 1. The summed E-state index contributed by atoms with van der Waals surface area (Å²) >= 11 is 0. The Kier molecular flexibility index (Phi) is 4.65. The van der Waals surface area contributed by atoms with E-state index in [1.807, 2.05) is 4.90 Å². The van der Waals surface area contributed by atoms with Crippen LogP contribution in [0.5, 0.6) is 5.88 Å². The van der Waals surface area contributed by atoms with Crippen LogP contribution in [-0.2, 0) is 7.05 Å². The van der Waals surface area contributed by atoms with Crippen LogP contribution in [0.4, 0.5) is 0 Å². The first kappa shape index (κ1) is 14.8. The monoisotopic (exact) mass is 280 g/mol. The molecule has 0 N–H and O–H groups in total. The first-order valence-corrected chi connectivity index (χ1v) is 7.06. The predicted octanol–water partition coefficient (Wildman–Crippen LogP) is 0.985. The van der Waals surface area contributed by atoms with Gasteiger partial charge in [-0.2, -0.15) is 5.10 Å². The number of carbonyl (C=O) groups excluding carboxylic acids is 1. The highest BCUT2D eigenvalue weighted by Gasteiger charge is 2.24. The Morgan fingerprint density at radius 1 is 1.40 bits per heavy atom. The smallest absolute Gasteiger partial charge is 0.274 e. The molecule has 20 heavy (non-hydrogen) atoms. The van der Waals surface area contributed by atoms with E-state index in [0.717, 1.165) is 32.4 Å². The van der Waals surface area contributed by atoms with Crippen molar-refractivity contribution in [2.45, 2.75) is 25.3 Å². The fraction of sp³-hybridized carbons (Fsp3) is 0.714. The van der Waals surface area contributed by atoms with E-state index in [0.29, 0.717) is 17.6 Å². The molecule has 0 saturated carbocycles. The number of ether oxygens (including phenoxy) is 1. The van der Waals surface area contributed by atoms with Crippen LogP contribution in [0.1, 0.15) is 29.8 Å². The molecular weight excluding hydrogens is 256 g/mol. The van der Waals surface area contributed by atoms with Gasteiger partial charge in [-0.15, -0.1) is 0 Å². The van der Waals surface area contributed by atoms with E-state index in [1.165, 1.54) is 0 Å². The molecule has 2 heterocycles. The maximum absolute atomic E-state index is 12.5. The highest BCUT2D eigenvalue weighted by Crippen LogP contribution is 2.18. The maximum atomic E-state index is 12.5. The second kappa shape index (κ2) is 6.26. The van der Waals surface area contributed by atoms with E-state index in [9.17, 15) is 4.79 Å². The lowest BCUT2D eigenvalue weighted by molar-refractivity contribution is 0.0752. The Balaban J connectivity index is 2.05. The molecule has 1 atom stereocenters. The van der Waals surface area contributed by atoms with Gasteiger partial charge in [0.1, 0.15) is 0 Å². The molecule has 0 aromatic carbocycles. The molecule has 0 bridgehead atoms. The number of methoxy groups -OCH3 is 1. The summed E-state index contributed by atoms with van der Waals surface area (Å²) in [6, 6.07) is 2.27. The zero-order chi connectivity index (χ0) is 14.7. The molecule has 2 rings (SSSR count). The molecule has 6 nitrogen and oxygen atoms in total. The molecule has 112 valence electrons. The third-order valence-electron chi connectivity index (χ3n) is 3.98. The first-order valence-electron chi connectivity index (χ1n) is 7.06. The van der Waals surface area contributed by atoms with E-state index < -0.39 is 0 Å². The van der Waals surface area contributed by atoms with Gasteiger partial charge in [0, 0.05) is 32.2 Å². The van der Waals surface area contributed by atoms with Crippen molar-refractivity contribution in [2.24, 2.45) is 7.05 Å². The summed E-state index contributed by atoms with van der Waals surface area (Å²) in [5.41, 5.74) is 0.465. The van der Waals surface area contributed by atoms with Crippen molar-refractivity contribution in [3.63, 3.8) is 0 Å². The first-order chi connectivity index (χ1) is 9.52. The summed E-state index contributed by atoms with van der Waals surface area (Å²) in [5, 5.41) is 4.23. The van der Waals surface area contributed by atoms with Crippen LogP contribution in [0, 0.1) is 0 Å². The second-order valence-electron chi connectivity index (χ2n) is 5.54. The minimum atomic E-state index is 0.00306. The zero-order valence-corrected chi connectivity index (χ0v) is 12.8. The quantitative estimate of drug-likeness (QED) is 0.828. The molecule has 1 aliphatic rings. The van der Waals surface area contributed by atoms with Crippen LogP contribution in [0.15, 0.2) is 6.07 Å². The number of hydrogen-bond donors (Lipinski definition) is 0. The number of hydrogen-bond acceptors (Lipinski definition) is 4. The van der Waals surface area contributed by atoms with Gasteiger partial charge in [-0.3, -0.25) is 4.79 Å². The molecule has 1 amide bonds. The lowest BCUT2D eigenvalue weighted by Crippen LogP contribution is -2.34. The van der Waals surface area contributed by atoms with Crippen molar-refractivity contribution >= 4 is 5.91 Å². The Hall–Kier alpha value is -1.56. The second-order valence-corrected chi connectivity index (χ2v) is 5.54. The highest BCUT2D eigenvalue weighted by molar-refractivity contribution is 5.92. The van der Waals surface area contributed by atoms with E-state index in [-0.39, 0.29) is 5.91 Å². The molecule has 1 unspecified atom stereocenters. The summed E-state index contributed by atoms with van der Waals surface area (Å²) in [6.45, 7) is 1.60. The van der Waals surface area contributed by atoms with Crippen LogP contribution in [0.25, 0.3) is 0 Å².